The minimum atomic E-state index is -0.576. The van der Waals surface area contributed by atoms with Crippen LogP contribution in [0.25, 0.3) is 0 Å². The zero-order valence-corrected chi connectivity index (χ0v) is 16.5. The number of amides is 1. The molecule has 0 unspecified atom stereocenters. The second kappa shape index (κ2) is 8.12. The van der Waals surface area contributed by atoms with E-state index < -0.39 is 6.04 Å². The third-order valence-electron chi connectivity index (χ3n) is 4.69. The Bertz CT molecular complexity index is 968. The number of rotatable bonds is 6. The van der Waals surface area contributed by atoms with Gasteiger partial charge in [0.05, 0.1) is 20.1 Å². The van der Waals surface area contributed by atoms with Crippen LogP contribution in [-0.4, -0.2) is 29.8 Å². The van der Waals surface area contributed by atoms with Crippen molar-refractivity contribution in [2.75, 3.05) is 13.7 Å². The van der Waals surface area contributed by atoms with Crippen molar-refractivity contribution in [1.82, 2.24) is 15.5 Å². The van der Waals surface area contributed by atoms with Gasteiger partial charge in [0.2, 0.25) is 11.8 Å². The third kappa shape index (κ3) is 3.79. The molecule has 7 nitrogen and oxygen atoms in total. The Morgan fingerprint density at radius 2 is 2.25 bits per heavy atom. The molecule has 0 radical (unpaired) electrons. The van der Waals surface area contributed by atoms with E-state index in [4.69, 9.17) is 14.0 Å². The second-order valence-electron chi connectivity index (χ2n) is 6.54. The van der Waals surface area contributed by atoms with Gasteiger partial charge in [-0.2, -0.15) is 4.98 Å². The van der Waals surface area contributed by atoms with E-state index in [1.165, 1.54) is 5.56 Å². The topological polar surface area (TPSA) is 86.5 Å². The summed E-state index contributed by atoms with van der Waals surface area (Å²) in [5, 5.41) is 9.08. The highest BCUT2D eigenvalue weighted by Gasteiger charge is 2.29. The summed E-state index contributed by atoms with van der Waals surface area (Å²) in [6, 6.07) is 9.00. The van der Waals surface area contributed by atoms with Crippen molar-refractivity contribution in [1.29, 1.82) is 0 Å². The molecule has 1 N–H and O–H groups in total. The fourth-order valence-corrected chi connectivity index (χ4v) is 4.39. The van der Waals surface area contributed by atoms with Crippen LogP contribution in [0.3, 0.4) is 0 Å². The third-order valence-corrected chi connectivity index (χ3v) is 5.74. The number of aromatic nitrogens is 2. The maximum Gasteiger partial charge on any atom is 0.223 e. The van der Waals surface area contributed by atoms with Crippen molar-refractivity contribution in [2.45, 2.75) is 31.9 Å². The number of hydrogen-bond acceptors (Lipinski definition) is 7. The molecule has 0 fully saturated rings. The van der Waals surface area contributed by atoms with E-state index in [-0.39, 0.29) is 18.4 Å². The van der Waals surface area contributed by atoms with Crippen LogP contribution in [0, 0.1) is 6.92 Å². The van der Waals surface area contributed by atoms with Crippen molar-refractivity contribution in [3.8, 4) is 5.75 Å². The summed E-state index contributed by atoms with van der Waals surface area (Å²) in [5.41, 5.74) is 2.03. The fraction of sp³-hybridized carbons (Fsp3) is 0.350. The standard InChI is InChI=1S/C20H21N3O4S/c1-12-21-20(23-27-12)18(14-5-3-4-6-15(14)25-2)22-17(24)11-16-19-13(7-9-26-16)8-10-28-19/h3-6,8,10,16,18H,7,9,11H2,1-2H3,(H,22,24)/t16-,18-/m0/s1. The van der Waals surface area contributed by atoms with Gasteiger partial charge >= 0.3 is 0 Å². The average Bonchev–Trinajstić information content (AvgIpc) is 3.35. The molecule has 3 aromatic rings. The first-order chi connectivity index (χ1) is 13.7. The lowest BCUT2D eigenvalue weighted by Gasteiger charge is -2.24. The fourth-order valence-electron chi connectivity index (χ4n) is 3.38. The molecule has 4 rings (SSSR count). The first kappa shape index (κ1) is 18.6. The van der Waals surface area contributed by atoms with Crippen molar-refractivity contribution < 1.29 is 18.8 Å². The van der Waals surface area contributed by atoms with Crippen LogP contribution in [0.4, 0.5) is 0 Å². The molecule has 0 aliphatic carbocycles. The molecule has 0 bridgehead atoms. The van der Waals surface area contributed by atoms with Gasteiger partial charge in [0.25, 0.3) is 0 Å². The van der Waals surface area contributed by atoms with Gasteiger partial charge in [-0.1, -0.05) is 23.4 Å². The Labute approximate surface area is 166 Å². The monoisotopic (exact) mass is 399 g/mol. The lowest BCUT2D eigenvalue weighted by Crippen LogP contribution is -2.32. The number of para-hydroxylation sites is 1. The van der Waals surface area contributed by atoms with Gasteiger partial charge in [0, 0.05) is 17.4 Å². The highest BCUT2D eigenvalue weighted by Crippen LogP contribution is 2.34. The van der Waals surface area contributed by atoms with Crippen molar-refractivity contribution in [2.24, 2.45) is 0 Å². The first-order valence-electron chi connectivity index (χ1n) is 9.06. The van der Waals surface area contributed by atoms with Gasteiger partial charge in [-0.05, 0) is 29.5 Å². The molecule has 1 aliphatic heterocycles. The Kier molecular flexibility index (Phi) is 5.40. The number of nitrogens with one attached hydrogen (secondary N) is 1. The smallest absolute Gasteiger partial charge is 0.223 e. The molecule has 2 atom stereocenters. The SMILES string of the molecule is COc1ccccc1[C@H](NC(=O)C[C@@H]1OCCc2ccsc21)c1noc(C)n1. The van der Waals surface area contributed by atoms with Gasteiger partial charge in [0.1, 0.15) is 17.9 Å². The molecule has 1 aliphatic rings. The average molecular weight is 399 g/mol. The molecular weight excluding hydrogens is 378 g/mol. The molecule has 2 aromatic heterocycles. The predicted octanol–water partition coefficient (Wildman–Crippen LogP) is 3.36. The van der Waals surface area contributed by atoms with Gasteiger partial charge in [-0.15, -0.1) is 11.3 Å². The summed E-state index contributed by atoms with van der Waals surface area (Å²) < 4.78 is 16.4. The van der Waals surface area contributed by atoms with Crippen molar-refractivity contribution in [3.05, 3.63) is 63.4 Å². The summed E-state index contributed by atoms with van der Waals surface area (Å²) in [6.07, 6.45) is 0.896. The van der Waals surface area contributed by atoms with E-state index in [1.807, 2.05) is 29.6 Å². The Hall–Kier alpha value is -2.71. The van der Waals surface area contributed by atoms with Crippen LogP contribution < -0.4 is 10.1 Å². The summed E-state index contributed by atoms with van der Waals surface area (Å²) in [7, 11) is 1.59. The molecule has 3 heterocycles. The zero-order valence-electron chi connectivity index (χ0n) is 15.7. The van der Waals surface area contributed by atoms with Crippen LogP contribution in [0.2, 0.25) is 0 Å². The maximum absolute atomic E-state index is 12.9. The van der Waals surface area contributed by atoms with Crippen molar-refractivity contribution in [3.63, 3.8) is 0 Å². The number of thiophene rings is 1. The number of carbonyl (C=O) groups excluding carboxylic acids is 1. The van der Waals surface area contributed by atoms with Crippen LogP contribution in [0.1, 0.15) is 46.3 Å². The summed E-state index contributed by atoms with van der Waals surface area (Å²) in [6.45, 7) is 2.34. The van der Waals surface area contributed by atoms with Gasteiger partial charge in [-0.3, -0.25) is 4.79 Å². The van der Waals surface area contributed by atoms with E-state index in [0.717, 1.165) is 16.9 Å². The molecule has 8 heteroatoms. The summed E-state index contributed by atoms with van der Waals surface area (Å²) >= 11 is 1.63. The Balaban J connectivity index is 1.57. The van der Waals surface area contributed by atoms with Crippen molar-refractivity contribution >= 4 is 17.2 Å². The van der Waals surface area contributed by atoms with E-state index in [1.54, 1.807) is 25.4 Å². The molecular formula is C20H21N3O4S. The molecule has 0 spiro atoms. The Morgan fingerprint density at radius 1 is 1.39 bits per heavy atom. The number of carbonyl (C=O) groups is 1. The number of nitrogens with zero attached hydrogens (tertiary/aromatic N) is 2. The number of benzene rings is 1. The number of methoxy groups -OCH3 is 1. The molecule has 0 saturated carbocycles. The van der Waals surface area contributed by atoms with Crippen LogP contribution in [0.15, 0.2) is 40.2 Å². The lowest BCUT2D eigenvalue weighted by atomic mass is 10.0. The van der Waals surface area contributed by atoms with Crippen LogP contribution >= 0.6 is 11.3 Å². The molecule has 1 aromatic carbocycles. The van der Waals surface area contributed by atoms with E-state index >= 15 is 0 Å². The van der Waals surface area contributed by atoms with Gasteiger partial charge in [-0.25, -0.2) is 0 Å². The van der Waals surface area contributed by atoms with Gasteiger partial charge < -0.3 is 19.3 Å². The Morgan fingerprint density at radius 3 is 3.04 bits per heavy atom. The molecule has 0 saturated heterocycles. The minimum absolute atomic E-state index is 0.149. The number of aryl methyl sites for hydroxylation is 1. The van der Waals surface area contributed by atoms with Crippen LogP contribution in [0.5, 0.6) is 5.75 Å². The second-order valence-corrected chi connectivity index (χ2v) is 7.49. The van der Waals surface area contributed by atoms with E-state index in [9.17, 15) is 4.79 Å². The number of fused-ring (bicyclic) bond motifs is 1. The normalized spacial score (nSPS) is 17.0. The van der Waals surface area contributed by atoms with E-state index in [0.29, 0.717) is 24.1 Å². The quantitative estimate of drug-likeness (QED) is 0.684. The maximum atomic E-state index is 12.9. The lowest BCUT2D eigenvalue weighted by molar-refractivity contribution is -0.124. The molecule has 146 valence electrons. The summed E-state index contributed by atoms with van der Waals surface area (Å²) in [5.74, 6) is 1.31. The minimum Gasteiger partial charge on any atom is -0.496 e. The molecule has 1 amide bonds. The molecule has 28 heavy (non-hydrogen) atoms. The summed E-state index contributed by atoms with van der Waals surface area (Å²) in [4.78, 5) is 18.3. The number of ether oxygens (including phenoxy) is 2. The first-order valence-corrected chi connectivity index (χ1v) is 9.94. The predicted molar refractivity (Wildman–Crippen MR) is 103 cm³/mol. The zero-order chi connectivity index (χ0) is 19.5. The number of hydrogen-bond donors (Lipinski definition) is 1. The highest BCUT2D eigenvalue weighted by molar-refractivity contribution is 7.10. The van der Waals surface area contributed by atoms with Crippen LogP contribution in [-0.2, 0) is 16.0 Å². The van der Waals surface area contributed by atoms with E-state index in [2.05, 4.69) is 21.5 Å². The van der Waals surface area contributed by atoms with Gasteiger partial charge in [0.15, 0.2) is 5.82 Å². The largest absolute Gasteiger partial charge is 0.496 e. The highest BCUT2D eigenvalue weighted by atomic mass is 32.1.